The van der Waals surface area contributed by atoms with Crippen molar-refractivity contribution in [1.29, 1.82) is 0 Å². The minimum Gasteiger partial charge on any atom is -0.159 e. The zero-order valence-electron chi connectivity index (χ0n) is 8.39. The lowest BCUT2D eigenvalue weighted by Crippen LogP contribution is -2.06. The lowest BCUT2D eigenvalue weighted by atomic mass is 10.2. The summed E-state index contributed by atoms with van der Waals surface area (Å²) in [5, 5.41) is 0.840. The number of thioether (sulfide) groups is 1. The maximum absolute atomic E-state index is 2.33. The van der Waals surface area contributed by atoms with Crippen LogP contribution in [0.4, 0.5) is 0 Å². The van der Waals surface area contributed by atoms with Gasteiger partial charge in [-0.15, -0.1) is 0 Å². The average molecular weight is 174 g/mol. The van der Waals surface area contributed by atoms with Gasteiger partial charge >= 0.3 is 0 Å². The molecule has 0 radical (unpaired) electrons. The second-order valence-corrected chi connectivity index (χ2v) is 5.01. The fourth-order valence-electron chi connectivity index (χ4n) is 0.814. The van der Waals surface area contributed by atoms with Gasteiger partial charge in [0.1, 0.15) is 0 Å². The Labute approximate surface area is 76.1 Å². The molecule has 0 saturated carbocycles. The normalized spacial score (nSPS) is 13.9. The molecule has 68 valence electrons. The van der Waals surface area contributed by atoms with E-state index in [1.165, 1.54) is 25.0 Å². The fourth-order valence-corrected chi connectivity index (χ4v) is 1.94. The Bertz CT molecular complexity index is 78.9. The van der Waals surface area contributed by atoms with Gasteiger partial charge in [-0.1, -0.05) is 40.5 Å². The molecule has 1 atom stereocenters. The van der Waals surface area contributed by atoms with E-state index in [4.69, 9.17) is 0 Å². The van der Waals surface area contributed by atoms with E-state index in [1.807, 2.05) is 0 Å². The van der Waals surface area contributed by atoms with Crippen LogP contribution in [-0.4, -0.2) is 11.0 Å². The van der Waals surface area contributed by atoms with E-state index >= 15 is 0 Å². The van der Waals surface area contributed by atoms with Crippen molar-refractivity contribution in [2.75, 3.05) is 5.75 Å². The van der Waals surface area contributed by atoms with Crippen LogP contribution in [0, 0.1) is 5.92 Å². The molecule has 0 N–H and O–H groups in total. The van der Waals surface area contributed by atoms with Crippen molar-refractivity contribution in [3.8, 4) is 0 Å². The number of rotatable bonds is 6. The molecular weight excluding hydrogens is 152 g/mol. The van der Waals surface area contributed by atoms with Crippen LogP contribution in [0.15, 0.2) is 0 Å². The van der Waals surface area contributed by atoms with Gasteiger partial charge in [0, 0.05) is 5.25 Å². The highest BCUT2D eigenvalue weighted by atomic mass is 32.2. The third-order valence-corrected chi connectivity index (χ3v) is 3.66. The zero-order valence-corrected chi connectivity index (χ0v) is 9.21. The molecular formula is C10H22S. The van der Waals surface area contributed by atoms with Crippen molar-refractivity contribution in [1.82, 2.24) is 0 Å². The van der Waals surface area contributed by atoms with E-state index in [-0.39, 0.29) is 0 Å². The first-order valence-electron chi connectivity index (χ1n) is 4.80. The van der Waals surface area contributed by atoms with Gasteiger partial charge in [-0.3, -0.25) is 0 Å². The summed E-state index contributed by atoms with van der Waals surface area (Å²) >= 11 is 2.12. The molecule has 0 aliphatic carbocycles. The molecule has 0 heterocycles. The van der Waals surface area contributed by atoms with Crippen molar-refractivity contribution < 1.29 is 0 Å². The van der Waals surface area contributed by atoms with Crippen molar-refractivity contribution in [3.63, 3.8) is 0 Å². The minimum atomic E-state index is 0.835. The third kappa shape index (κ3) is 6.74. The van der Waals surface area contributed by atoms with Gasteiger partial charge in [0.05, 0.1) is 0 Å². The number of hydrogen-bond acceptors (Lipinski definition) is 1. The first-order valence-corrected chi connectivity index (χ1v) is 5.85. The molecule has 1 unspecified atom stereocenters. The molecule has 0 aromatic heterocycles. The highest BCUT2D eigenvalue weighted by Crippen LogP contribution is 2.19. The van der Waals surface area contributed by atoms with E-state index in [9.17, 15) is 0 Å². The third-order valence-electron chi connectivity index (χ3n) is 2.07. The first-order chi connectivity index (χ1) is 5.18. The van der Waals surface area contributed by atoms with Gasteiger partial charge in [0.15, 0.2) is 0 Å². The van der Waals surface area contributed by atoms with Crippen LogP contribution in [0.3, 0.4) is 0 Å². The van der Waals surface area contributed by atoms with Gasteiger partial charge in [-0.05, 0) is 18.1 Å². The first kappa shape index (κ1) is 11.4. The summed E-state index contributed by atoms with van der Waals surface area (Å²) < 4.78 is 0. The minimum absolute atomic E-state index is 0.835. The second-order valence-electron chi connectivity index (χ2n) is 3.53. The van der Waals surface area contributed by atoms with Gasteiger partial charge in [-0.2, -0.15) is 11.8 Å². The molecule has 11 heavy (non-hydrogen) atoms. The summed E-state index contributed by atoms with van der Waals surface area (Å²) in [6, 6.07) is 0. The van der Waals surface area contributed by atoms with Crippen LogP contribution >= 0.6 is 11.8 Å². The maximum Gasteiger partial charge on any atom is 0.00417 e. The Morgan fingerprint density at radius 2 is 1.73 bits per heavy atom. The largest absolute Gasteiger partial charge is 0.159 e. The Hall–Kier alpha value is 0.350. The Morgan fingerprint density at radius 3 is 2.18 bits per heavy atom. The van der Waals surface area contributed by atoms with Crippen LogP contribution in [0.5, 0.6) is 0 Å². The van der Waals surface area contributed by atoms with E-state index in [0.717, 1.165) is 11.2 Å². The molecule has 0 aliphatic rings. The lowest BCUT2D eigenvalue weighted by molar-refractivity contribution is 0.641. The monoisotopic (exact) mass is 174 g/mol. The van der Waals surface area contributed by atoms with Crippen molar-refractivity contribution in [3.05, 3.63) is 0 Å². The Morgan fingerprint density at radius 1 is 1.09 bits per heavy atom. The van der Waals surface area contributed by atoms with Crippen molar-refractivity contribution in [2.24, 2.45) is 5.92 Å². The molecule has 0 nitrogen and oxygen atoms in total. The van der Waals surface area contributed by atoms with E-state index in [0.29, 0.717) is 0 Å². The van der Waals surface area contributed by atoms with Crippen LogP contribution in [-0.2, 0) is 0 Å². The summed E-state index contributed by atoms with van der Waals surface area (Å²) in [5.41, 5.74) is 0. The second kappa shape index (κ2) is 7.02. The number of hydrogen-bond donors (Lipinski definition) is 0. The summed E-state index contributed by atoms with van der Waals surface area (Å²) in [4.78, 5) is 0. The molecule has 0 aliphatic heterocycles. The van der Waals surface area contributed by atoms with E-state index in [1.54, 1.807) is 0 Å². The highest BCUT2D eigenvalue weighted by molar-refractivity contribution is 7.99. The SMILES string of the molecule is CCCCCSC(C)C(C)C. The van der Waals surface area contributed by atoms with Crippen molar-refractivity contribution >= 4 is 11.8 Å². The highest BCUT2D eigenvalue weighted by Gasteiger charge is 2.05. The van der Waals surface area contributed by atoms with Crippen LogP contribution in [0.1, 0.15) is 47.0 Å². The topological polar surface area (TPSA) is 0 Å². The van der Waals surface area contributed by atoms with Crippen molar-refractivity contribution in [2.45, 2.75) is 52.2 Å². The standard InChI is InChI=1S/C10H22S/c1-5-6-7-8-11-10(4)9(2)3/h9-10H,5-8H2,1-4H3. The summed E-state index contributed by atoms with van der Waals surface area (Å²) in [6.45, 7) is 9.20. The predicted octanol–water partition coefficient (Wildman–Crippen LogP) is 3.95. The molecule has 1 heteroatoms. The fraction of sp³-hybridized carbons (Fsp3) is 1.00. The molecule has 0 fully saturated rings. The maximum atomic E-state index is 2.33. The molecule has 0 rings (SSSR count). The predicted molar refractivity (Wildman–Crippen MR) is 56.3 cm³/mol. The van der Waals surface area contributed by atoms with Crippen LogP contribution in [0.2, 0.25) is 0 Å². The van der Waals surface area contributed by atoms with Crippen LogP contribution < -0.4 is 0 Å². The quantitative estimate of drug-likeness (QED) is 0.549. The molecule has 0 saturated heterocycles. The van der Waals surface area contributed by atoms with E-state index in [2.05, 4.69) is 39.5 Å². The average Bonchev–Trinajstić information content (AvgIpc) is 1.97. The van der Waals surface area contributed by atoms with Gasteiger partial charge in [0.2, 0.25) is 0 Å². The molecule has 0 bridgehead atoms. The summed E-state index contributed by atoms with van der Waals surface area (Å²) in [7, 11) is 0. The Balaban J connectivity index is 3.10. The molecule has 0 spiro atoms. The van der Waals surface area contributed by atoms with E-state index < -0.39 is 0 Å². The van der Waals surface area contributed by atoms with Gasteiger partial charge < -0.3 is 0 Å². The molecule has 0 aromatic rings. The van der Waals surface area contributed by atoms with Gasteiger partial charge in [-0.25, -0.2) is 0 Å². The Kier molecular flexibility index (Phi) is 7.25. The summed E-state index contributed by atoms with van der Waals surface area (Å²) in [6.07, 6.45) is 4.15. The smallest absolute Gasteiger partial charge is 0.00417 e. The number of unbranched alkanes of at least 4 members (excludes halogenated alkanes) is 2. The zero-order chi connectivity index (χ0) is 8.69. The molecule has 0 amide bonds. The lowest BCUT2D eigenvalue weighted by Gasteiger charge is -2.14. The summed E-state index contributed by atoms with van der Waals surface area (Å²) in [5.74, 6) is 2.19. The van der Waals surface area contributed by atoms with Crippen LogP contribution in [0.25, 0.3) is 0 Å². The molecule has 0 aromatic carbocycles. The van der Waals surface area contributed by atoms with Gasteiger partial charge in [0.25, 0.3) is 0 Å².